The third-order valence-corrected chi connectivity index (χ3v) is 9.00. The smallest absolute Gasteiger partial charge is 0.240 e. The molecule has 0 unspecified atom stereocenters. The lowest BCUT2D eigenvalue weighted by Gasteiger charge is -2.31. The van der Waals surface area contributed by atoms with Crippen LogP contribution in [0.4, 0.5) is 10.1 Å². The number of likely N-dealkylation sites (N-methyl/N-ethyl adjacent to an activating group) is 1. The summed E-state index contributed by atoms with van der Waals surface area (Å²) in [6, 6.07) is 9.25. The van der Waals surface area contributed by atoms with Gasteiger partial charge >= 0.3 is 0 Å². The van der Waals surface area contributed by atoms with Crippen molar-refractivity contribution in [1.29, 1.82) is 0 Å². The molecule has 2 fully saturated rings. The summed E-state index contributed by atoms with van der Waals surface area (Å²) in [7, 11) is 5.02. The van der Waals surface area contributed by atoms with Crippen LogP contribution in [-0.2, 0) is 14.4 Å². The number of nitrogens with zero attached hydrogens (tertiary/aromatic N) is 4. The highest BCUT2D eigenvalue weighted by molar-refractivity contribution is 6.14. The number of amides is 3. The van der Waals surface area contributed by atoms with Gasteiger partial charge in [0.2, 0.25) is 17.7 Å². The fourth-order valence-electron chi connectivity index (χ4n) is 5.90. The fourth-order valence-corrected chi connectivity index (χ4v) is 5.90. The molecule has 2 aromatic carbocycles. The average Bonchev–Trinajstić information content (AvgIpc) is 3.91. The zero-order valence-corrected chi connectivity index (χ0v) is 27.8. The van der Waals surface area contributed by atoms with Crippen molar-refractivity contribution in [3.05, 3.63) is 60.3 Å². The number of piperidine rings is 1. The molecule has 258 valence electrons. The van der Waals surface area contributed by atoms with E-state index in [1.54, 1.807) is 51.0 Å². The number of allylic oxidation sites excluding steroid dienone is 1. The first-order chi connectivity index (χ1) is 23.7. The number of hydrogen-bond acceptors (Lipinski definition) is 10. The molecule has 0 spiro atoms. The van der Waals surface area contributed by atoms with Gasteiger partial charge in [0.05, 0.1) is 31.5 Å². The number of nitrogens with one attached hydrogen (secondary N) is 3. The Bertz CT molecular complexity index is 1800. The van der Waals surface area contributed by atoms with E-state index in [-0.39, 0.29) is 17.3 Å². The minimum Gasteiger partial charge on any atom is -0.493 e. The highest BCUT2D eigenvalue weighted by atomic mass is 19.1. The van der Waals surface area contributed by atoms with Crippen molar-refractivity contribution in [2.75, 3.05) is 59.4 Å². The van der Waals surface area contributed by atoms with Crippen LogP contribution in [0.15, 0.2) is 59.5 Å². The topological polar surface area (TPSA) is 147 Å². The number of likely N-dealkylation sites (tertiary alicyclic amines) is 1. The zero-order chi connectivity index (χ0) is 34.5. The van der Waals surface area contributed by atoms with Crippen LogP contribution in [0, 0.1) is 17.2 Å². The van der Waals surface area contributed by atoms with Gasteiger partial charge in [-0.2, -0.15) is 0 Å². The molecule has 3 N–H and O–H groups in total. The van der Waals surface area contributed by atoms with Gasteiger partial charge in [-0.25, -0.2) is 4.39 Å². The molecule has 3 aromatic rings. The summed E-state index contributed by atoms with van der Waals surface area (Å²) in [5.41, 5.74) is 0.0577. The Hall–Kier alpha value is -5.24. The van der Waals surface area contributed by atoms with Crippen molar-refractivity contribution in [3.8, 4) is 23.0 Å². The number of fused-ring (bicyclic) bond motifs is 1. The molecular weight excluding hydrogens is 633 g/mol. The van der Waals surface area contributed by atoms with Crippen LogP contribution < -0.4 is 30.2 Å². The largest absolute Gasteiger partial charge is 0.493 e. The lowest BCUT2D eigenvalue weighted by Crippen LogP contribution is -2.41. The first-order valence-corrected chi connectivity index (χ1v) is 16.2. The fraction of sp³-hybridized carbons (Fsp3) is 0.400. The van der Waals surface area contributed by atoms with E-state index in [0.717, 1.165) is 32.0 Å². The summed E-state index contributed by atoms with van der Waals surface area (Å²) >= 11 is 0. The average molecular weight is 674 g/mol. The second kappa shape index (κ2) is 14.5. The molecule has 13 nitrogen and oxygen atoms in total. The number of methoxy groups -OCH3 is 1. The van der Waals surface area contributed by atoms with Crippen molar-refractivity contribution < 1.29 is 33.0 Å². The molecule has 1 aromatic heterocycles. The normalized spacial score (nSPS) is 17.2. The molecule has 14 heteroatoms. The van der Waals surface area contributed by atoms with Crippen molar-refractivity contribution in [2.45, 2.75) is 25.7 Å². The summed E-state index contributed by atoms with van der Waals surface area (Å²) in [5.74, 6) is 0.0447. The summed E-state index contributed by atoms with van der Waals surface area (Å²) < 4.78 is 33.1. The Morgan fingerprint density at radius 3 is 2.47 bits per heavy atom. The molecule has 0 atom stereocenters. The minimum absolute atomic E-state index is 0.0112. The van der Waals surface area contributed by atoms with Crippen LogP contribution in [0.1, 0.15) is 25.7 Å². The molecule has 3 aliphatic rings. The number of halogens is 1. The molecular formula is C35H40FN7O6. The molecule has 0 radical (unpaired) electrons. The number of aliphatic imine (C=N–C) groups is 1. The number of anilines is 1. The third kappa shape index (κ3) is 7.75. The van der Waals surface area contributed by atoms with E-state index in [9.17, 15) is 14.4 Å². The van der Waals surface area contributed by atoms with E-state index in [0.29, 0.717) is 72.4 Å². The Labute approximate surface area is 283 Å². The molecule has 6 rings (SSSR count). The van der Waals surface area contributed by atoms with Gasteiger partial charge in [-0.3, -0.25) is 29.3 Å². The standard InChI is InChI=1S/C35H40FN7O6/c1-37-32(44)19-43-12-7-22(8-13-43)20-48-31-16-27-25(15-30(31)47-3)28(6-11-39-27)49-29-5-4-23(14-26(29)36)40-33(45)35(9-10-35)34(46)41-24-17-38-21-42(2)18-24/h4-6,11,14-18,22H,7-10,12-13,19-21H2,1-3H3,(H,37,44)(H,40,45)(H,41,46). The first kappa shape index (κ1) is 33.7. The maximum atomic E-state index is 15.3. The lowest BCUT2D eigenvalue weighted by atomic mass is 9.98. The van der Waals surface area contributed by atoms with Crippen LogP contribution in [0.2, 0.25) is 0 Å². The monoisotopic (exact) mass is 673 g/mol. The van der Waals surface area contributed by atoms with Crippen molar-refractivity contribution in [3.63, 3.8) is 0 Å². The lowest BCUT2D eigenvalue weighted by molar-refractivity contribution is -0.133. The van der Waals surface area contributed by atoms with Gasteiger partial charge in [0.1, 0.15) is 17.8 Å². The number of hydrogen-bond donors (Lipinski definition) is 3. The van der Waals surface area contributed by atoms with Gasteiger partial charge < -0.3 is 35.1 Å². The van der Waals surface area contributed by atoms with Gasteiger partial charge in [-0.15, -0.1) is 0 Å². The maximum Gasteiger partial charge on any atom is 0.240 e. The first-order valence-electron chi connectivity index (χ1n) is 16.2. The number of carbonyl (C=O) groups excluding carboxylic acids is 3. The molecule has 1 saturated heterocycles. The highest BCUT2D eigenvalue weighted by Gasteiger charge is 2.56. The maximum absolute atomic E-state index is 15.3. The van der Waals surface area contributed by atoms with Gasteiger partial charge in [-0.05, 0) is 69.0 Å². The summed E-state index contributed by atoms with van der Waals surface area (Å²) in [4.78, 5) is 50.4. The van der Waals surface area contributed by atoms with Crippen molar-refractivity contribution in [2.24, 2.45) is 16.3 Å². The number of aromatic nitrogens is 1. The van der Waals surface area contributed by atoms with E-state index in [4.69, 9.17) is 14.2 Å². The summed E-state index contributed by atoms with van der Waals surface area (Å²) in [6.45, 7) is 3.04. The number of carbonyl (C=O) groups is 3. The number of rotatable bonds is 12. The Morgan fingerprint density at radius 2 is 1.78 bits per heavy atom. The van der Waals surface area contributed by atoms with Gasteiger partial charge in [0, 0.05) is 55.9 Å². The van der Waals surface area contributed by atoms with Crippen molar-refractivity contribution in [1.82, 2.24) is 25.4 Å². The Morgan fingerprint density at radius 1 is 1.00 bits per heavy atom. The van der Waals surface area contributed by atoms with Crippen LogP contribution in [0.3, 0.4) is 0 Å². The Balaban J connectivity index is 1.09. The Kier molecular flexibility index (Phi) is 9.95. The number of ether oxygens (including phenoxy) is 3. The predicted molar refractivity (Wildman–Crippen MR) is 181 cm³/mol. The van der Waals surface area contributed by atoms with E-state index in [1.165, 1.54) is 12.1 Å². The van der Waals surface area contributed by atoms with Gasteiger partial charge in [0.25, 0.3) is 0 Å². The highest BCUT2D eigenvalue weighted by Crippen LogP contribution is 2.47. The van der Waals surface area contributed by atoms with Crippen LogP contribution in [0.25, 0.3) is 10.9 Å². The molecule has 1 saturated carbocycles. The van der Waals surface area contributed by atoms with Crippen LogP contribution in [-0.4, -0.2) is 92.8 Å². The van der Waals surface area contributed by atoms with Crippen LogP contribution in [0.5, 0.6) is 23.0 Å². The number of benzene rings is 2. The zero-order valence-electron chi connectivity index (χ0n) is 27.8. The van der Waals surface area contributed by atoms with E-state index >= 15 is 4.39 Å². The molecule has 49 heavy (non-hydrogen) atoms. The summed E-state index contributed by atoms with van der Waals surface area (Å²) in [6.07, 6.45) is 7.47. The van der Waals surface area contributed by atoms with Gasteiger partial charge in [0.15, 0.2) is 23.1 Å². The van der Waals surface area contributed by atoms with E-state index in [2.05, 4.69) is 30.8 Å². The molecule has 3 heterocycles. The predicted octanol–water partition coefficient (Wildman–Crippen LogP) is 3.66. The van der Waals surface area contributed by atoms with Gasteiger partial charge in [-0.1, -0.05) is 0 Å². The molecule has 3 amide bonds. The molecule has 2 aliphatic heterocycles. The van der Waals surface area contributed by atoms with E-state index in [1.807, 2.05) is 11.9 Å². The second-order valence-electron chi connectivity index (χ2n) is 12.6. The third-order valence-electron chi connectivity index (χ3n) is 9.00. The minimum atomic E-state index is -1.22. The number of pyridine rings is 1. The van der Waals surface area contributed by atoms with Crippen LogP contribution >= 0.6 is 0 Å². The molecule has 1 aliphatic carbocycles. The van der Waals surface area contributed by atoms with E-state index < -0.39 is 23.0 Å². The van der Waals surface area contributed by atoms with Crippen molar-refractivity contribution >= 4 is 40.5 Å². The molecule has 0 bridgehead atoms. The summed E-state index contributed by atoms with van der Waals surface area (Å²) in [5, 5.41) is 8.71. The quantitative estimate of drug-likeness (QED) is 0.245. The second-order valence-corrected chi connectivity index (χ2v) is 12.6. The SMILES string of the molecule is CNC(=O)CN1CCC(COc2cc3nccc(Oc4ccc(NC(=O)C5(C(=O)NC6=CN(C)CN=C6)CC5)cc4F)c3cc2OC)CC1.